The molecule has 0 aromatic rings. The third-order valence-corrected chi connectivity index (χ3v) is 3.64. The molecular formula is C11H22N4O. The fourth-order valence-electron chi connectivity index (χ4n) is 2.62. The van der Waals surface area contributed by atoms with Gasteiger partial charge in [0.05, 0.1) is 0 Å². The van der Waals surface area contributed by atoms with E-state index >= 15 is 0 Å². The van der Waals surface area contributed by atoms with Crippen molar-refractivity contribution in [2.75, 3.05) is 46.3 Å². The molecule has 16 heavy (non-hydrogen) atoms. The van der Waals surface area contributed by atoms with Crippen LogP contribution in [0.1, 0.15) is 12.8 Å². The lowest BCUT2D eigenvalue weighted by Crippen LogP contribution is -2.55. The van der Waals surface area contributed by atoms with Gasteiger partial charge in [0.25, 0.3) is 0 Å². The molecule has 2 heterocycles. The van der Waals surface area contributed by atoms with Gasteiger partial charge in [0.2, 0.25) is 0 Å². The van der Waals surface area contributed by atoms with Crippen molar-refractivity contribution in [3.05, 3.63) is 0 Å². The second kappa shape index (κ2) is 5.50. The van der Waals surface area contributed by atoms with E-state index in [1.165, 1.54) is 12.8 Å². The van der Waals surface area contributed by atoms with Crippen LogP contribution in [0.4, 0.5) is 4.79 Å². The summed E-state index contributed by atoms with van der Waals surface area (Å²) in [5.41, 5.74) is 0. The molecule has 0 aromatic heterocycles. The Hall–Kier alpha value is -0.810. The highest BCUT2D eigenvalue weighted by molar-refractivity contribution is 5.73. The van der Waals surface area contributed by atoms with Crippen molar-refractivity contribution in [2.45, 2.75) is 18.9 Å². The van der Waals surface area contributed by atoms with Gasteiger partial charge in [0.15, 0.2) is 0 Å². The molecule has 0 spiro atoms. The van der Waals surface area contributed by atoms with Gasteiger partial charge in [0.1, 0.15) is 0 Å². The van der Waals surface area contributed by atoms with Gasteiger partial charge < -0.3 is 15.5 Å². The summed E-state index contributed by atoms with van der Waals surface area (Å²) < 4.78 is 0. The number of nitrogens with one attached hydrogen (secondary N) is 2. The van der Waals surface area contributed by atoms with Gasteiger partial charge in [-0.05, 0) is 25.9 Å². The zero-order chi connectivity index (χ0) is 11.4. The van der Waals surface area contributed by atoms with E-state index in [4.69, 9.17) is 0 Å². The van der Waals surface area contributed by atoms with E-state index in [0.717, 1.165) is 45.3 Å². The van der Waals surface area contributed by atoms with Gasteiger partial charge in [-0.15, -0.1) is 0 Å². The minimum absolute atomic E-state index is 0.0601. The van der Waals surface area contributed by atoms with E-state index in [2.05, 4.69) is 15.5 Å². The first-order valence-corrected chi connectivity index (χ1v) is 6.22. The molecule has 2 amide bonds. The number of carbonyl (C=O) groups is 1. The summed E-state index contributed by atoms with van der Waals surface area (Å²) in [6.45, 7) is 6.06. The molecule has 0 aromatic carbocycles. The van der Waals surface area contributed by atoms with E-state index in [0.29, 0.717) is 0 Å². The first-order valence-electron chi connectivity index (χ1n) is 6.22. The number of piperazine rings is 1. The first-order chi connectivity index (χ1) is 7.81. The SMILES string of the molecule is CNC(=O)N1CCN(C2CCNCC2)CC1. The standard InChI is InChI=1S/C11H22N4O/c1-12-11(16)15-8-6-14(7-9-15)10-2-4-13-5-3-10/h10,13H,2-9H2,1H3,(H,12,16). The maximum absolute atomic E-state index is 11.4. The summed E-state index contributed by atoms with van der Waals surface area (Å²) in [5, 5.41) is 6.08. The highest BCUT2D eigenvalue weighted by Crippen LogP contribution is 2.14. The highest BCUT2D eigenvalue weighted by atomic mass is 16.2. The lowest BCUT2D eigenvalue weighted by Gasteiger charge is -2.40. The number of urea groups is 1. The third-order valence-electron chi connectivity index (χ3n) is 3.64. The van der Waals surface area contributed by atoms with Crippen molar-refractivity contribution < 1.29 is 4.79 Å². The van der Waals surface area contributed by atoms with Gasteiger partial charge in [-0.2, -0.15) is 0 Å². The van der Waals surface area contributed by atoms with E-state index in [9.17, 15) is 4.79 Å². The van der Waals surface area contributed by atoms with Crippen molar-refractivity contribution in [2.24, 2.45) is 0 Å². The molecule has 0 radical (unpaired) electrons. The normalized spacial score (nSPS) is 24.4. The highest BCUT2D eigenvalue weighted by Gasteiger charge is 2.26. The predicted octanol–water partition coefficient (Wildman–Crippen LogP) is -0.305. The molecule has 2 aliphatic rings. The van der Waals surface area contributed by atoms with Gasteiger partial charge >= 0.3 is 6.03 Å². The van der Waals surface area contributed by atoms with Gasteiger partial charge in [-0.25, -0.2) is 4.79 Å². The zero-order valence-corrected chi connectivity index (χ0v) is 10.0. The number of piperidine rings is 1. The van der Waals surface area contributed by atoms with Gasteiger partial charge in [-0.3, -0.25) is 4.90 Å². The van der Waals surface area contributed by atoms with Crippen LogP contribution in [-0.4, -0.2) is 68.2 Å². The Balaban J connectivity index is 1.78. The molecule has 2 N–H and O–H groups in total. The molecule has 2 saturated heterocycles. The largest absolute Gasteiger partial charge is 0.341 e. The molecule has 0 bridgehead atoms. The second-order valence-corrected chi connectivity index (χ2v) is 4.56. The van der Waals surface area contributed by atoms with Crippen LogP contribution in [0.15, 0.2) is 0 Å². The topological polar surface area (TPSA) is 47.6 Å². The number of hydrogen-bond donors (Lipinski definition) is 2. The quantitative estimate of drug-likeness (QED) is 0.645. The van der Waals surface area contributed by atoms with Gasteiger partial charge in [0, 0.05) is 39.3 Å². The maximum Gasteiger partial charge on any atom is 0.317 e. The Bertz CT molecular complexity index is 232. The van der Waals surface area contributed by atoms with Crippen LogP contribution in [-0.2, 0) is 0 Å². The third kappa shape index (κ3) is 2.65. The lowest BCUT2D eigenvalue weighted by atomic mass is 10.0. The zero-order valence-electron chi connectivity index (χ0n) is 10.0. The summed E-state index contributed by atoms with van der Waals surface area (Å²) in [7, 11) is 1.70. The van der Waals surface area contributed by atoms with Crippen molar-refractivity contribution in [3.8, 4) is 0 Å². The molecule has 92 valence electrons. The Morgan fingerprint density at radius 1 is 1.19 bits per heavy atom. The maximum atomic E-state index is 11.4. The van der Waals surface area contributed by atoms with E-state index < -0.39 is 0 Å². The molecule has 0 unspecified atom stereocenters. The minimum Gasteiger partial charge on any atom is -0.341 e. The summed E-state index contributed by atoms with van der Waals surface area (Å²) in [6, 6.07) is 0.790. The number of amides is 2. The van der Waals surface area contributed by atoms with Crippen LogP contribution in [0.3, 0.4) is 0 Å². The van der Waals surface area contributed by atoms with Crippen LogP contribution in [0.5, 0.6) is 0 Å². The molecule has 2 fully saturated rings. The second-order valence-electron chi connectivity index (χ2n) is 4.56. The van der Waals surface area contributed by atoms with Gasteiger partial charge in [-0.1, -0.05) is 0 Å². The first kappa shape index (κ1) is 11.7. The molecular weight excluding hydrogens is 204 g/mol. The monoisotopic (exact) mass is 226 g/mol. The Labute approximate surface area is 97.2 Å². The fraction of sp³-hybridized carbons (Fsp3) is 0.909. The fourth-order valence-corrected chi connectivity index (χ4v) is 2.62. The van der Waals surface area contributed by atoms with Crippen LogP contribution < -0.4 is 10.6 Å². The number of hydrogen-bond acceptors (Lipinski definition) is 3. The molecule has 0 aliphatic carbocycles. The average Bonchev–Trinajstić information content (AvgIpc) is 2.39. The van der Waals surface area contributed by atoms with Crippen molar-refractivity contribution >= 4 is 6.03 Å². The number of carbonyl (C=O) groups excluding carboxylic acids is 1. The van der Waals surface area contributed by atoms with Crippen LogP contribution in [0.2, 0.25) is 0 Å². The summed E-state index contributed by atoms with van der Waals surface area (Å²) in [4.78, 5) is 15.9. The average molecular weight is 226 g/mol. The van der Waals surface area contributed by atoms with Crippen molar-refractivity contribution in [1.29, 1.82) is 0 Å². The molecule has 5 heteroatoms. The Morgan fingerprint density at radius 3 is 2.38 bits per heavy atom. The number of rotatable bonds is 1. The Kier molecular flexibility index (Phi) is 4.01. The lowest BCUT2D eigenvalue weighted by molar-refractivity contribution is 0.0943. The number of nitrogens with zero attached hydrogens (tertiary/aromatic N) is 2. The van der Waals surface area contributed by atoms with Crippen LogP contribution >= 0.6 is 0 Å². The summed E-state index contributed by atoms with van der Waals surface area (Å²) in [6.07, 6.45) is 2.50. The Morgan fingerprint density at radius 2 is 1.81 bits per heavy atom. The summed E-state index contributed by atoms with van der Waals surface area (Å²) in [5.74, 6) is 0. The predicted molar refractivity (Wildman–Crippen MR) is 63.5 cm³/mol. The summed E-state index contributed by atoms with van der Waals surface area (Å²) >= 11 is 0. The smallest absolute Gasteiger partial charge is 0.317 e. The van der Waals surface area contributed by atoms with Crippen LogP contribution in [0.25, 0.3) is 0 Å². The molecule has 2 rings (SSSR count). The molecule has 5 nitrogen and oxygen atoms in total. The van der Waals surface area contributed by atoms with Crippen LogP contribution in [0, 0.1) is 0 Å². The van der Waals surface area contributed by atoms with E-state index in [-0.39, 0.29) is 6.03 Å². The molecule has 0 saturated carbocycles. The van der Waals surface area contributed by atoms with E-state index in [1.54, 1.807) is 7.05 Å². The minimum atomic E-state index is 0.0601. The van der Waals surface area contributed by atoms with Crippen molar-refractivity contribution in [1.82, 2.24) is 20.4 Å². The molecule has 0 atom stereocenters. The van der Waals surface area contributed by atoms with Crippen molar-refractivity contribution in [3.63, 3.8) is 0 Å². The molecule has 2 aliphatic heterocycles. The van der Waals surface area contributed by atoms with E-state index in [1.807, 2.05) is 4.90 Å².